The highest BCUT2D eigenvalue weighted by Gasteiger charge is 2.30. The molecule has 1 aromatic carbocycles. The van der Waals surface area contributed by atoms with Crippen molar-refractivity contribution in [2.75, 3.05) is 26.7 Å². The first-order valence-electron chi connectivity index (χ1n) is 9.08. The summed E-state index contributed by atoms with van der Waals surface area (Å²) in [5, 5.41) is 1.72. The molecule has 1 fully saturated rings. The summed E-state index contributed by atoms with van der Waals surface area (Å²) in [6.07, 6.45) is 6.06. The van der Waals surface area contributed by atoms with Crippen LogP contribution in [0.3, 0.4) is 0 Å². The molecule has 1 aliphatic heterocycles. The molecule has 0 saturated carbocycles. The number of fused-ring (bicyclic) bond motifs is 1. The number of nitrogens with zero attached hydrogens (tertiary/aromatic N) is 2. The zero-order valence-corrected chi connectivity index (χ0v) is 16.0. The molecule has 26 heavy (non-hydrogen) atoms. The number of likely N-dealkylation sites (tertiary alicyclic amines) is 1. The molecule has 136 valence electrons. The van der Waals surface area contributed by atoms with E-state index in [4.69, 9.17) is 16.3 Å². The Balaban J connectivity index is 1.66. The standard InChI is InChI=1S/C21H24ClN3O/c1-21(8-11-25(2)12-9-21)14-26-18-7-10-23-20-19(18)16(13-24-20)15-5-3-4-6-17(15)22/h3-7,10,13H,8-9,11-12,14H2,1-2H3,(H,23,24). The number of H-pyrrole nitrogens is 1. The molecule has 4 rings (SSSR count). The predicted molar refractivity (Wildman–Crippen MR) is 107 cm³/mol. The highest BCUT2D eigenvalue weighted by atomic mass is 35.5. The molecule has 5 heteroatoms. The number of pyridine rings is 1. The Hall–Kier alpha value is -2.04. The molecule has 1 saturated heterocycles. The van der Waals surface area contributed by atoms with Gasteiger partial charge in [-0.05, 0) is 45.1 Å². The average molecular weight is 370 g/mol. The van der Waals surface area contributed by atoms with Gasteiger partial charge in [-0.2, -0.15) is 0 Å². The number of hydrogen-bond acceptors (Lipinski definition) is 3. The van der Waals surface area contributed by atoms with E-state index in [0.717, 1.165) is 58.9 Å². The van der Waals surface area contributed by atoms with Gasteiger partial charge in [0.25, 0.3) is 0 Å². The number of hydrogen-bond donors (Lipinski definition) is 1. The maximum absolute atomic E-state index is 6.42. The molecule has 0 atom stereocenters. The van der Waals surface area contributed by atoms with Gasteiger partial charge < -0.3 is 14.6 Å². The lowest BCUT2D eigenvalue weighted by molar-refractivity contribution is 0.0811. The molecule has 0 unspecified atom stereocenters. The first-order chi connectivity index (χ1) is 12.6. The van der Waals surface area contributed by atoms with Crippen molar-refractivity contribution < 1.29 is 4.74 Å². The highest BCUT2D eigenvalue weighted by molar-refractivity contribution is 6.33. The summed E-state index contributed by atoms with van der Waals surface area (Å²) in [5.74, 6) is 0.867. The number of rotatable bonds is 4. The maximum atomic E-state index is 6.42. The predicted octanol–water partition coefficient (Wildman–Crippen LogP) is 4.99. The number of aromatic amines is 1. The summed E-state index contributed by atoms with van der Waals surface area (Å²) in [5.41, 5.74) is 3.06. The van der Waals surface area contributed by atoms with Gasteiger partial charge in [0.15, 0.2) is 0 Å². The maximum Gasteiger partial charge on any atom is 0.141 e. The third kappa shape index (κ3) is 3.31. The molecule has 0 bridgehead atoms. The fraction of sp³-hybridized carbons (Fsp3) is 0.381. The summed E-state index contributed by atoms with van der Waals surface area (Å²) in [6, 6.07) is 9.83. The van der Waals surface area contributed by atoms with Crippen molar-refractivity contribution >= 4 is 22.6 Å². The molecule has 0 radical (unpaired) electrons. The lowest BCUT2D eigenvalue weighted by Gasteiger charge is -2.37. The van der Waals surface area contributed by atoms with E-state index in [1.807, 2.05) is 36.5 Å². The minimum atomic E-state index is 0.211. The minimum Gasteiger partial charge on any atom is -0.492 e. The smallest absolute Gasteiger partial charge is 0.141 e. The van der Waals surface area contributed by atoms with Crippen LogP contribution in [0, 0.1) is 5.41 Å². The van der Waals surface area contributed by atoms with Gasteiger partial charge in [-0.25, -0.2) is 4.98 Å². The number of aromatic nitrogens is 2. The average Bonchev–Trinajstić information content (AvgIpc) is 3.08. The second-order valence-electron chi connectivity index (χ2n) is 7.62. The molecule has 0 spiro atoms. The molecule has 1 aliphatic rings. The fourth-order valence-electron chi connectivity index (χ4n) is 3.59. The van der Waals surface area contributed by atoms with Crippen molar-refractivity contribution in [2.24, 2.45) is 5.41 Å². The van der Waals surface area contributed by atoms with Crippen LogP contribution in [-0.2, 0) is 0 Å². The minimum absolute atomic E-state index is 0.211. The molecular weight excluding hydrogens is 346 g/mol. The van der Waals surface area contributed by atoms with Crippen LogP contribution in [-0.4, -0.2) is 41.6 Å². The Morgan fingerprint density at radius 2 is 1.96 bits per heavy atom. The third-order valence-corrected chi connectivity index (χ3v) is 5.80. The van der Waals surface area contributed by atoms with Gasteiger partial charge in [-0.1, -0.05) is 36.7 Å². The van der Waals surface area contributed by atoms with E-state index in [2.05, 4.69) is 28.8 Å². The van der Waals surface area contributed by atoms with Gasteiger partial charge in [-0.3, -0.25) is 0 Å². The van der Waals surface area contributed by atoms with E-state index >= 15 is 0 Å². The topological polar surface area (TPSA) is 41.1 Å². The van der Waals surface area contributed by atoms with Crippen LogP contribution in [0.15, 0.2) is 42.7 Å². The monoisotopic (exact) mass is 369 g/mol. The number of ether oxygens (including phenoxy) is 1. The van der Waals surface area contributed by atoms with Crippen LogP contribution in [0.4, 0.5) is 0 Å². The Morgan fingerprint density at radius 3 is 2.73 bits per heavy atom. The van der Waals surface area contributed by atoms with Gasteiger partial charge >= 0.3 is 0 Å². The van der Waals surface area contributed by atoms with E-state index < -0.39 is 0 Å². The van der Waals surface area contributed by atoms with Gasteiger partial charge in [0.05, 0.1) is 12.0 Å². The van der Waals surface area contributed by atoms with Gasteiger partial charge in [0.2, 0.25) is 0 Å². The first kappa shape index (κ1) is 17.4. The van der Waals surface area contributed by atoms with Crippen LogP contribution in [0.2, 0.25) is 5.02 Å². The van der Waals surface area contributed by atoms with Gasteiger partial charge in [-0.15, -0.1) is 0 Å². The number of halogens is 1. The SMILES string of the molecule is CN1CCC(C)(COc2ccnc3[nH]cc(-c4ccccc4Cl)c23)CC1. The van der Waals surface area contributed by atoms with E-state index in [1.165, 1.54) is 0 Å². The normalized spacial score (nSPS) is 17.5. The Bertz CT molecular complexity index is 913. The van der Waals surface area contributed by atoms with Crippen molar-refractivity contribution in [3.63, 3.8) is 0 Å². The Kier molecular flexibility index (Phi) is 4.63. The first-order valence-corrected chi connectivity index (χ1v) is 9.46. The van der Waals surface area contributed by atoms with Crippen molar-refractivity contribution in [3.8, 4) is 16.9 Å². The van der Waals surface area contributed by atoms with Crippen molar-refractivity contribution in [1.82, 2.24) is 14.9 Å². The lowest BCUT2D eigenvalue weighted by Crippen LogP contribution is -2.39. The van der Waals surface area contributed by atoms with Crippen LogP contribution >= 0.6 is 11.6 Å². The van der Waals surface area contributed by atoms with Crippen molar-refractivity contribution in [2.45, 2.75) is 19.8 Å². The zero-order valence-electron chi connectivity index (χ0n) is 15.3. The summed E-state index contributed by atoms with van der Waals surface area (Å²) >= 11 is 6.42. The molecule has 3 heterocycles. The highest BCUT2D eigenvalue weighted by Crippen LogP contribution is 2.39. The van der Waals surface area contributed by atoms with E-state index in [-0.39, 0.29) is 5.41 Å². The molecular formula is C21H24ClN3O. The quantitative estimate of drug-likeness (QED) is 0.704. The van der Waals surface area contributed by atoms with Crippen LogP contribution in [0.5, 0.6) is 5.75 Å². The molecule has 4 nitrogen and oxygen atoms in total. The number of nitrogens with one attached hydrogen (secondary N) is 1. The second kappa shape index (κ2) is 6.93. The number of benzene rings is 1. The van der Waals surface area contributed by atoms with E-state index in [0.29, 0.717) is 6.61 Å². The molecule has 0 aliphatic carbocycles. The Morgan fingerprint density at radius 1 is 1.19 bits per heavy atom. The zero-order chi connectivity index (χ0) is 18.1. The number of piperidine rings is 1. The van der Waals surface area contributed by atoms with Crippen molar-refractivity contribution in [1.29, 1.82) is 0 Å². The molecule has 2 aromatic heterocycles. The second-order valence-corrected chi connectivity index (χ2v) is 8.02. The van der Waals surface area contributed by atoms with E-state index in [9.17, 15) is 0 Å². The van der Waals surface area contributed by atoms with Gasteiger partial charge in [0, 0.05) is 34.0 Å². The van der Waals surface area contributed by atoms with Gasteiger partial charge in [0.1, 0.15) is 11.4 Å². The summed E-state index contributed by atoms with van der Waals surface area (Å²) in [6.45, 7) is 5.29. The molecule has 0 amide bonds. The molecule has 1 N–H and O–H groups in total. The lowest BCUT2D eigenvalue weighted by atomic mass is 9.81. The van der Waals surface area contributed by atoms with E-state index in [1.54, 1.807) is 6.20 Å². The summed E-state index contributed by atoms with van der Waals surface area (Å²) in [7, 11) is 2.18. The molecule has 3 aromatic rings. The third-order valence-electron chi connectivity index (χ3n) is 5.47. The largest absolute Gasteiger partial charge is 0.492 e. The Labute approximate surface area is 159 Å². The summed E-state index contributed by atoms with van der Waals surface area (Å²) < 4.78 is 6.34. The summed E-state index contributed by atoms with van der Waals surface area (Å²) in [4.78, 5) is 10.1. The van der Waals surface area contributed by atoms with Crippen LogP contribution in [0.25, 0.3) is 22.2 Å². The van der Waals surface area contributed by atoms with Crippen molar-refractivity contribution in [3.05, 3.63) is 47.7 Å². The van der Waals surface area contributed by atoms with Crippen LogP contribution in [0.1, 0.15) is 19.8 Å². The fourth-order valence-corrected chi connectivity index (χ4v) is 3.83. The van der Waals surface area contributed by atoms with Crippen LogP contribution < -0.4 is 4.74 Å².